The number of hydrogen-bond acceptors (Lipinski definition) is 4. The van der Waals surface area contributed by atoms with Gasteiger partial charge in [-0.05, 0) is 61.1 Å². The van der Waals surface area contributed by atoms with Crippen LogP contribution in [-0.4, -0.2) is 41.6 Å². The van der Waals surface area contributed by atoms with Crippen LogP contribution in [-0.2, 0) is 11.2 Å². The van der Waals surface area contributed by atoms with Crippen LogP contribution in [0.25, 0.3) is 22.0 Å². The monoisotopic (exact) mass is 464 g/mol. The van der Waals surface area contributed by atoms with Gasteiger partial charge >= 0.3 is 0 Å². The van der Waals surface area contributed by atoms with Crippen LogP contribution in [0.2, 0.25) is 0 Å². The highest BCUT2D eigenvalue weighted by atomic mass is 35.5. The topological polar surface area (TPSA) is 51.7 Å². The number of likely N-dealkylation sites (tertiary alicyclic amines) is 1. The van der Waals surface area contributed by atoms with Crippen molar-refractivity contribution < 1.29 is 14.3 Å². The lowest BCUT2D eigenvalue weighted by atomic mass is 9.82. The number of carbonyl (C=O) groups excluding carboxylic acids is 1. The van der Waals surface area contributed by atoms with Gasteiger partial charge in [-0.1, -0.05) is 18.2 Å². The van der Waals surface area contributed by atoms with Crippen molar-refractivity contribution in [2.24, 2.45) is 5.92 Å². The van der Waals surface area contributed by atoms with Crippen molar-refractivity contribution in [3.8, 4) is 22.6 Å². The number of pyridine rings is 1. The van der Waals surface area contributed by atoms with Crippen molar-refractivity contribution in [3.05, 3.63) is 54.2 Å². The molecule has 6 heteroatoms. The van der Waals surface area contributed by atoms with E-state index in [1.54, 1.807) is 13.3 Å². The van der Waals surface area contributed by atoms with E-state index >= 15 is 0 Å². The largest absolute Gasteiger partial charge is 0.494 e. The van der Waals surface area contributed by atoms with E-state index in [2.05, 4.69) is 46.3 Å². The molecular weight excluding hydrogens is 436 g/mol. The maximum atomic E-state index is 12.4. The fraction of sp³-hybridized carbons (Fsp3) is 0.407. The molecule has 3 heterocycles. The highest BCUT2D eigenvalue weighted by Crippen LogP contribution is 2.43. The zero-order valence-corrected chi connectivity index (χ0v) is 19.7. The summed E-state index contributed by atoms with van der Waals surface area (Å²) >= 11 is 0. The molecule has 1 aromatic heterocycles. The number of nitrogens with zero attached hydrogens (tertiary/aromatic N) is 2. The van der Waals surface area contributed by atoms with E-state index in [0.29, 0.717) is 11.8 Å². The molecule has 33 heavy (non-hydrogen) atoms. The minimum atomic E-state index is -0.126. The number of benzene rings is 2. The Bertz CT molecular complexity index is 1200. The third-order valence-electron chi connectivity index (χ3n) is 7.39. The van der Waals surface area contributed by atoms with Gasteiger partial charge in [0.25, 0.3) is 0 Å². The highest BCUT2D eigenvalue weighted by molar-refractivity contribution is 5.92. The van der Waals surface area contributed by atoms with Gasteiger partial charge in [0.2, 0.25) is 5.91 Å². The number of fused-ring (bicyclic) bond motifs is 2. The van der Waals surface area contributed by atoms with E-state index in [1.165, 1.54) is 5.56 Å². The highest BCUT2D eigenvalue weighted by Gasteiger charge is 2.42. The first kappa shape index (κ1) is 22.0. The summed E-state index contributed by atoms with van der Waals surface area (Å²) < 4.78 is 12.4. The Hall–Kier alpha value is -2.79. The van der Waals surface area contributed by atoms with E-state index in [0.717, 1.165) is 85.1 Å². The van der Waals surface area contributed by atoms with Crippen LogP contribution in [0.15, 0.2) is 48.7 Å². The maximum Gasteiger partial charge on any atom is 0.225 e. The maximum absolute atomic E-state index is 12.4. The number of amides is 1. The minimum Gasteiger partial charge on any atom is -0.494 e. The number of aryl methyl sites for hydroxylation is 1. The van der Waals surface area contributed by atoms with Crippen LogP contribution >= 0.6 is 12.4 Å². The summed E-state index contributed by atoms with van der Waals surface area (Å²) in [6.45, 7) is 1.65. The van der Waals surface area contributed by atoms with Gasteiger partial charge in [-0.3, -0.25) is 9.78 Å². The SMILES string of the molecule is COc1c(-c2ccc3c(c2)CCC2(CCN(C(=O)C4CC4)CC2)O3)ccc2cccnc12.Cl. The molecular formula is C27H29ClN2O3. The van der Waals surface area contributed by atoms with E-state index in [4.69, 9.17) is 9.47 Å². The zero-order valence-electron chi connectivity index (χ0n) is 18.9. The lowest BCUT2D eigenvalue weighted by molar-refractivity contribution is -0.136. The number of ether oxygens (including phenoxy) is 2. The van der Waals surface area contributed by atoms with Crippen LogP contribution in [0.1, 0.15) is 37.7 Å². The van der Waals surface area contributed by atoms with E-state index in [1.807, 2.05) is 6.07 Å². The number of carbonyl (C=O) groups is 1. The van der Waals surface area contributed by atoms with Gasteiger partial charge in [-0.15, -0.1) is 12.4 Å². The first-order chi connectivity index (χ1) is 15.7. The lowest BCUT2D eigenvalue weighted by Crippen LogP contribution is -2.51. The molecule has 1 aliphatic carbocycles. The van der Waals surface area contributed by atoms with Gasteiger partial charge in [0.05, 0.1) is 7.11 Å². The molecule has 0 bridgehead atoms. The number of rotatable bonds is 3. The first-order valence-corrected chi connectivity index (χ1v) is 11.7. The van der Waals surface area contributed by atoms with Gasteiger partial charge in [-0.25, -0.2) is 0 Å². The lowest BCUT2D eigenvalue weighted by Gasteiger charge is -2.44. The third kappa shape index (κ3) is 3.93. The van der Waals surface area contributed by atoms with Crippen LogP contribution < -0.4 is 9.47 Å². The van der Waals surface area contributed by atoms with Gasteiger partial charge in [-0.2, -0.15) is 0 Å². The summed E-state index contributed by atoms with van der Waals surface area (Å²) in [6.07, 6.45) is 7.81. The average molecular weight is 465 g/mol. The number of aromatic nitrogens is 1. The molecule has 0 unspecified atom stereocenters. The molecule has 2 aromatic carbocycles. The van der Waals surface area contributed by atoms with Crippen molar-refractivity contribution in [2.45, 2.75) is 44.1 Å². The molecule has 6 rings (SSSR count). The quantitative estimate of drug-likeness (QED) is 0.518. The molecule has 3 aliphatic rings. The number of piperidine rings is 1. The normalized spacial score (nSPS) is 18.9. The molecule has 1 saturated heterocycles. The van der Waals surface area contributed by atoms with Crippen molar-refractivity contribution in [1.82, 2.24) is 9.88 Å². The zero-order chi connectivity index (χ0) is 21.7. The molecule has 1 saturated carbocycles. The predicted octanol–water partition coefficient (Wildman–Crippen LogP) is 5.43. The van der Waals surface area contributed by atoms with Crippen LogP contribution in [0, 0.1) is 5.92 Å². The molecule has 1 spiro atoms. The molecule has 3 aromatic rings. The third-order valence-corrected chi connectivity index (χ3v) is 7.39. The van der Waals surface area contributed by atoms with Crippen LogP contribution in [0.5, 0.6) is 11.5 Å². The van der Waals surface area contributed by atoms with E-state index in [-0.39, 0.29) is 18.0 Å². The smallest absolute Gasteiger partial charge is 0.225 e. The standard InChI is InChI=1S/C27H28N2O3.ClH/c1-31-25-22(8-6-18-3-2-14-28-24(18)25)20-7-9-23-21(17-20)10-11-27(32-23)12-15-29(16-13-27)26(30)19-4-5-19;/h2-3,6-9,14,17,19H,4-5,10-13,15-16H2,1H3;1H. The van der Waals surface area contributed by atoms with Gasteiger partial charge in [0.1, 0.15) is 16.9 Å². The molecule has 0 N–H and O–H groups in total. The van der Waals surface area contributed by atoms with Gasteiger partial charge in [0, 0.05) is 49.0 Å². The van der Waals surface area contributed by atoms with Crippen molar-refractivity contribution >= 4 is 29.2 Å². The van der Waals surface area contributed by atoms with Crippen molar-refractivity contribution in [3.63, 3.8) is 0 Å². The summed E-state index contributed by atoms with van der Waals surface area (Å²) in [6, 6.07) is 14.7. The number of methoxy groups -OCH3 is 1. The summed E-state index contributed by atoms with van der Waals surface area (Å²) in [7, 11) is 1.71. The number of halogens is 1. The Morgan fingerprint density at radius 3 is 2.70 bits per heavy atom. The second-order valence-corrected chi connectivity index (χ2v) is 9.43. The van der Waals surface area contributed by atoms with Crippen LogP contribution in [0.4, 0.5) is 0 Å². The Morgan fingerprint density at radius 1 is 1.12 bits per heavy atom. The summed E-state index contributed by atoms with van der Waals surface area (Å²) in [5.41, 5.74) is 4.17. The molecule has 0 radical (unpaired) electrons. The molecule has 172 valence electrons. The summed E-state index contributed by atoms with van der Waals surface area (Å²) in [5, 5.41) is 1.07. The Balaban J connectivity index is 0.00000228. The van der Waals surface area contributed by atoms with Gasteiger partial charge in [0.15, 0.2) is 5.75 Å². The molecule has 5 nitrogen and oxygen atoms in total. The van der Waals surface area contributed by atoms with E-state index in [9.17, 15) is 4.79 Å². The predicted molar refractivity (Wildman–Crippen MR) is 131 cm³/mol. The second-order valence-electron chi connectivity index (χ2n) is 9.43. The fourth-order valence-electron chi connectivity index (χ4n) is 5.32. The molecule has 0 atom stereocenters. The molecule has 2 aliphatic heterocycles. The van der Waals surface area contributed by atoms with Gasteiger partial charge < -0.3 is 14.4 Å². The first-order valence-electron chi connectivity index (χ1n) is 11.7. The fourth-order valence-corrected chi connectivity index (χ4v) is 5.32. The summed E-state index contributed by atoms with van der Waals surface area (Å²) in [4.78, 5) is 19.0. The van der Waals surface area contributed by atoms with Crippen molar-refractivity contribution in [1.29, 1.82) is 0 Å². The second kappa shape index (κ2) is 8.53. The average Bonchev–Trinajstić information content (AvgIpc) is 3.69. The Morgan fingerprint density at radius 2 is 1.94 bits per heavy atom. The number of hydrogen-bond donors (Lipinski definition) is 0. The van der Waals surface area contributed by atoms with Crippen molar-refractivity contribution in [2.75, 3.05) is 20.2 Å². The van der Waals surface area contributed by atoms with Crippen LogP contribution in [0.3, 0.4) is 0 Å². The minimum absolute atomic E-state index is 0. The molecule has 2 fully saturated rings. The summed E-state index contributed by atoms with van der Waals surface area (Å²) in [5.74, 6) is 2.46. The van der Waals surface area contributed by atoms with E-state index < -0.39 is 0 Å². The Kier molecular flexibility index (Phi) is 5.69. The Labute approximate surface area is 200 Å². The molecule has 1 amide bonds.